The van der Waals surface area contributed by atoms with Gasteiger partial charge in [0, 0.05) is 18.5 Å². The highest BCUT2D eigenvalue weighted by Crippen LogP contribution is 2.45. The minimum atomic E-state index is 0.275. The Hall–Kier alpha value is -0.860. The molecule has 0 spiro atoms. The van der Waals surface area contributed by atoms with Crippen LogP contribution in [0.2, 0.25) is 0 Å². The Morgan fingerprint density at radius 3 is 2.87 bits per heavy atom. The van der Waals surface area contributed by atoms with Gasteiger partial charge in [-0.15, -0.1) is 0 Å². The molecule has 2 heteroatoms. The first-order chi connectivity index (χ1) is 7.28. The highest BCUT2D eigenvalue weighted by molar-refractivity contribution is 5.19. The van der Waals surface area contributed by atoms with Crippen molar-refractivity contribution in [1.29, 1.82) is 0 Å². The highest BCUT2D eigenvalue weighted by Gasteiger charge is 2.46. The van der Waals surface area contributed by atoms with Crippen molar-refractivity contribution in [2.45, 2.75) is 37.8 Å². The lowest BCUT2D eigenvalue weighted by Crippen LogP contribution is -2.33. The lowest BCUT2D eigenvalue weighted by atomic mass is 9.91. The van der Waals surface area contributed by atoms with E-state index in [1.165, 1.54) is 18.4 Å². The maximum absolute atomic E-state index is 6.01. The van der Waals surface area contributed by atoms with Gasteiger partial charge in [-0.3, -0.25) is 4.84 Å². The van der Waals surface area contributed by atoms with E-state index in [0.29, 0.717) is 5.54 Å². The summed E-state index contributed by atoms with van der Waals surface area (Å²) in [6.45, 7) is 3.42. The van der Waals surface area contributed by atoms with Crippen molar-refractivity contribution in [3.05, 3.63) is 35.9 Å². The van der Waals surface area contributed by atoms with Crippen LogP contribution in [0, 0.1) is 0 Å². The Morgan fingerprint density at radius 2 is 2.13 bits per heavy atom. The number of hydrogen-bond acceptors (Lipinski definition) is 2. The van der Waals surface area contributed by atoms with E-state index in [-0.39, 0.29) is 6.10 Å². The molecule has 0 amide bonds. The maximum Gasteiger partial charge on any atom is 0.106 e. The predicted octanol–water partition coefficient (Wildman–Crippen LogP) is 2.92. The fourth-order valence-corrected chi connectivity index (χ4v) is 2.82. The summed E-state index contributed by atoms with van der Waals surface area (Å²) in [5.74, 6) is 0. The topological polar surface area (TPSA) is 12.5 Å². The molecule has 2 heterocycles. The fourth-order valence-electron chi connectivity index (χ4n) is 2.82. The number of nitrogens with zero attached hydrogens (tertiary/aromatic N) is 1. The standard InChI is InChI=1S/C13H17NO/c1-13-8-5-9-14(13)15-12(10-13)11-6-3-2-4-7-11/h2-4,6-7,12H,5,8-10H2,1H3. The normalized spacial score (nSPS) is 35.7. The van der Waals surface area contributed by atoms with Gasteiger partial charge in [0.05, 0.1) is 0 Å². The van der Waals surface area contributed by atoms with Crippen LogP contribution in [0.15, 0.2) is 30.3 Å². The first-order valence-corrected chi connectivity index (χ1v) is 5.77. The Bertz CT molecular complexity index is 351. The molecule has 15 heavy (non-hydrogen) atoms. The van der Waals surface area contributed by atoms with Crippen molar-refractivity contribution in [2.75, 3.05) is 6.54 Å². The predicted molar refractivity (Wildman–Crippen MR) is 59.2 cm³/mol. The van der Waals surface area contributed by atoms with Gasteiger partial charge in [-0.05, 0) is 25.3 Å². The zero-order valence-corrected chi connectivity index (χ0v) is 9.15. The fraction of sp³-hybridized carbons (Fsp3) is 0.538. The largest absolute Gasteiger partial charge is 0.290 e. The summed E-state index contributed by atoms with van der Waals surface area (Å²) >= 11 is 0. The van der Waals surface area contributed by atoms with Crippen LogP contribution < -0.4 is 0 Å². The van der Waals surface area contributed by atoms with Crippen molar-refractivity contribution in [1.82, 2.24) is 5.06 Å². The van der Waals surface area contributed by atoms with E-state index in [9.17, 15) is 0 Å². The molecule has 2 saturated heterocycles. The van der Waals surface area contributed by atoms with Gasteiger partial charge in [0.1, 0.15) is 6.10 Å². The van der Waals surface area contributed by atoms with Crippen LogP contribution in [-0.2, 0) is 4.84 Å². The van der Waals surface area contributed by atoms with Gasteiger partial charge in [0.2, 0.25) is 0 Å². The van der Waals surface area contributed by atoms with E-state index in [2.05, 4.69) is 42.3 Å². The van der Waals surface area contributed by atoms with Crippen molar-refractivity contribution in [2.24, 2.45) is 0 Å². The first kappa shape index (κ1) is 9.37. The SMILES string of the molecule is CC12CCCN1OC(c1ccccc1)C2. The third-order valence-electron chi connectivity index (χ3n) is 3.73. The number of rotatable bonds is 1. The van der Waals surface area contributed by atoms with Crippen LogP contribution in [0.5, 0.6) is 0 Å². The van der Waals surface area contributed by atoms with Crippen LogP contribution in [0.25, 0.3) is 0 Å². The van der Waals surface area contributed by atoms with Crippen LogP contribution in [0.4, 0.5) is 0 Å². The van der Waals surface area contributed by atoms with Gasteiger partial charge >= 0.3 is 0 Å². The third kappa shape index (κ3) is 1.48. The second kappa shape index (κ2) is 3.32. The van der Waals surface area contributed by atoms with E-state index < -0.39 is 0 Å². The zero-order chi connectivity index (χ0) is 10.3. The third-order valence-corrected chi connectivity index (χ3v) is 3.73. The summed E-state index contributed by atoms with van der Waals surface area (Å²) in [4.78, 5) is 6.01. The minimum absolute atomic E-state index is 0.275. The molecule has 0 radical (unpaired) electrons. The zero-order valence-electron chi connectivity index (χ0n) is 9.15. The van der Waals surface area contributed by atoms with Gasteiger partial charge in [0.15, 0.2) is 0 Å². The molecule has 2 atom stereocenters. The second-order valence-corrected chi connectivity index (χ2v) is 4.91. The van der Waals surface area contributed by atoms with Crippen LogP contribution >= 0.6 is 0 Å². The number of fused-ring (bicyclic) bond motifs is 1. The smallest absolute Gasteiger partial charge is 0.106 e. The molecule has 0 bridgehead atoms. The monoisotopic (exact) mass is 203 g/mol. The molecule has 2 unspecified atom stereocenters. The van der Waals surface area contributed by atoms with Crippen LogP contribution in [0.3, 0.4) is 0 Å². The van der Waals surface area contributed by atoms with E-state index in [0.717, 1.165) is 13.0 Å². The summed E-state index contributed by atoms with van der Waals surface area (Å²) in [6.07, 6.45) is 3.96. The molecule has 3 rings (SSSR count). The average Bonchev–Trinajstić information content (AvgIpc) is 2.74. The van der Waals surface area contributed by atoms with Gasteiger partial charge in [-0.2, -0.15) is 5.06 Å². The molecule has 0 aliphatic carbocycles. The van der Waals surface area contributed by atoms with Crippen molar-refractivity contribution < 1.29 is 4.84 Å². The molecule has 0 saturated carbocycles. The van der Waals surface area contributed by atoms with Crippen molar-refractivity contribution >= 4 is 0 Å². The molecule has 2 aliphatic heterocycles. The van der Waals surface area contributed by atoms with Crippen molar-refractivity contribution in [3.63, 3.8) is 0 Å². The lowest BCUT2D eigenvalue weighted by molar-refractivity contribution is -0.168. The summed E-state index contributed by atoms with van der Waals surface area (Å²) in [7, 11) is 0. The Morgan fingerprint density at radius 1 is 1.33 bits per heavy atom. The number of hydroxylamine groups is 2. The molecule has 80 valence electrons. The molecule has 2 fully saturated rings. The van der Waals surface area contributed by atoms with Gasteiger partial charge in [-0.1, -0.05) is 30.3 Å². The van der Waals surface area contributed by atoms with Gasteiger partial charge < -0.3 is 0 Å². The Balaban J connectivity index is 1.82. The summed E-state index contributed by atoms with van der Waals surface area (Å²) in [6, 6.07) is 10.6. The summed E-state index contributed by atoms with van der Waals surface area (Å²) in [5, 5.41) is 2.20. The molecule has 0 N–H and O–H groups in total. The number of hydrogen-bond donors (Lipinski definition) is 0. The van der Waals surface area contributed by atoms with Gasteiger partial charge in [0.25, 0.3) is 0 Å². The molecule has 2 aliphatic rings. The first-order valence-electron chi connectivity index (χ1n) is 5.77. The number of benzene rings is 1. The van der Waals surface area contributed by atoms with Crippen molar-refractivity contribution in [3.8, 4) is 0 Å². The molecule has 0 aromatic heterocycles. The quantitative estimate of drug-likeness (QED) is 0.696. The van der Waals surface area contributed by atoms with Crippen LogP contribution in [0.1, 0.15) is 37.9 Å². The molecular formula is C13H17NO. The van der Waals surface area contributed by atoms with Crippen LogP contribution in [-0.4, -0.2) is 17.1 Å². The molecule has 1 aromatic rings. The maximum atomic E-state index is 6.01. The summed E-state index contributed by atoms with van der Waals surface area (Å²) in [5.41, 5.74) is 1.61. The van der Waals surface area contributed by atoms with Gasteiger partial charge in [-0.25, -0.2) is 0 Å². The summed E-state index contributed by atoms with van der Waals surface area (Å²) < 4.78 is 0. The molecular weight excluding hydrogens is 186 g/mol. The highest BCUT2D eigenvalue weighted by atomic mass is 16.7. The van der Waals surface area contributed by atoms with E-state index >= 15 is 0 Å². The molecule has 2 nitrogen and oxygen atoms in total. The lowest BCUT2D eigenvalue weighted by Gasteiger charge is -2.23. The Labute approximate surface area is 90.8 Å². The second-order valence-electron chi connectivity index (χ2n) is 4.91. The molecule has 1 aromatic carbocycles. The Kier molecular flexibility index (Phi) is 2.08. The van der Waals surface area contributed by atoms with E-state index in [1.807, 2.05) is 0 Å². The van der Waals surface area contributed by atoms with E-state index in [4.69, 9.17) is 4.84 Å². The van der Waals surface area contributed by atoms with E-state index in [1.54, 1.807) is 0 Å². The average molecular weight is 203 g/mol. The minimum Gasteiger partial charge on any atom is -0.290 e.